The molecule has 6 heteroatoms. The number of methoxy groups -OCH3 is 1. The van der Waals surface area contributed by atoms with E-state index in [2.05, 4.69) is 9.72 Å². The summed E-state index contributed by atoms with van der Waals surface area (Å²) in [6.07, 6.45) is 1.44. The highest BCUT2D eigenvalue weighted by Crippen LogP contribution is 2.30. The first-order valence-electron chi connectivity index (χ1n) is 5.37. The van der Waals surface area contributed by atoms with Gasteiger partial charge in [-0.25, -0.2) is 14.2 Å². The monoisotopic (exact) mass is 278 g/mol. The van der Waals surface area contributed by atoms with Gasteiger partial charge >= 0.3 is 5.97 Å². The third-order valence-corrected chi connectivity index (χ3v) is 3.30. The summed E-state index contributed by atoms with van der Waals surface area (Å²) in [5.41, 5.74) is 6.22. The van der Waals surface area contributed by atoms with Gasteiger partial charge in [-0.2, -0.15) is 0 Å². The van der Waals surface area contributed by atoms with Crippen LogP contribution in [0.2, 0.25) is 0 Å². The van der Waals surface area contributed by atoms with Gasteiger partial charge in [-0.1, -0.05) is 17.8 Å². The second kappa shape index (κ2) is 5.71. The summed E-state index contributed by atoms with van der Waals surface area (Å²) in [6.45, 7) is 0. The van der Waals surface area contributed by atoms with Gasteiger partial charge in [-0.05, 0) is 24.3 Å². The van der Waals surface area contributed by atoms with Crippen molar-refractivity contribution in [1.82, 2.24) is 4.98 Å². The Morgan fingerprint density at radius 2 is 2.21 bits per heavy atom. The first kappa shape index (κ1) is 13.4. The minimum absolute atomic E-state index is 0.261. The largest absolute Gasteiger partial charge is 0.465 e. The van der Waals surface area contributed by atoms with E-state index < -0.39 is 5.97 Å². The number of hydrogen-bond donors (Lipinski definition) is 1. The molecule has 0 unspecified atom stereocenters. The van der Waals surface area contributed by atoms with E-state index >= 15 is 0 Å². The molecule has 0 aliphatic rings. The molecule has 0 aliphatic carbocycles. The Labute approximate surface area is 113 Å². The number of benzene rings is 1. The zero-order chi connectivity index (χ0) is 13.8. The van der Waals surface area contributed by atoms with E-state index in [4.69, 9.17) is 5.73 Å². The molecule has 0 saturated carbocycles. The van der Waals surface area contributed by atoms with Crippen molar-refractivity contribution in [3.63, 3.8) is 0 Å². The van der Waals surface area contributed by atoms with Crippen LogP contribution in [-0.2, 0) is 4.74 Å². The van der Waals surface area contributed by atoms with Crippen LogP contribution in [0.25, 0.3) is 0 Å². The number of halogens is 1. The quantitative estimate of drug-likeness (QED) is 0.874. The van der Waals surface area contributed by atoms with Crippen molar-refractivity contribution in [2.45, 2.75) is 9.92 Å². The number of anilines is 1. The first-order chi connectivity index (χ1) is 9.10. The second-order valence-electron chi connectivity index (χ2n) is 3.67. The molecule has 0 radical (unpaired) electrons. The number of carbonyl (C=O) groups is 1. The van der Waals surface area contributed by atoms with Crippen molar-refractivity contribution in [3.8, 4) is 0 Å². The first-order valence-corrected chi connectivity index (χ1v) is 6.19. The van der Waals surface area contributed by atoms with Crippen molar-refractivity contribution < 1.29 is 13.9 Å². The number of nitrogens with two attached hydrogens (primary N) is 1. The van der Waals surface area contributed by atoms with Crippen molar-refractivity contribution in [1.29, 1.82) is 0 Å². The molecule has 0 amide bonds. The van der Waals surface area contributed by atoms with Gasteiger partial charge in [0.05, 0.1) is 24.6 Å². The van der Waals surface area contributed by atoms with E-state index in [1.165, 1.54) is 43.3 Å². The van der Waals surface area contributed by atoms with Gasteiger partial charge in [0.25, 0.3) is 0 Å². The highest BCUT2D eigenvalue weighted by Gasteiger charge is 2.15. The van der Waals surface area contributed by atoms with Crippen LogP contribution >= 0.6 is 11.8 Å². The fourth-order valence-corrected chi connectivity index (χ4v) is 2.35. The second-order valence-corrected chi connectivity index (χ2v) is 4.73. The van der Waals surface area contributed by atoms with Gasteiger partial charge in [0.2, 0.25) is 0 Å². The average Bonchev–Trinajstić information content (AvgIpc) is 2.40. The van der Waals surface area contributed by atoms with Crippen molar-refractivity contribution in [2.75, 3.05) is 12.8 Å². The molecule has 1 heterocycles. The van der Waals surface area contributed by atoms with Gasteiger partial charge in [0.15, 0.2) is 0 Å². The number of rotatable bonds is 3. The molecule has 2 rings (SSSR count). The molecule has 0 saturated heterocycles. The lowest BCUT2D eigenvalue weighted by Crippen LogP contribution is -2.05. The predicted octanol–water partition coefficient (Wildman–Crippen LogP) is 2.74. The van der Waals surface area contributed by atoms with E-state index in [1.54, 1.807) is 12.1 Å². The Bertz CT molecular complexity index is 619. The normalized spacial score (nSPS) is 10.2. The number of pyridine rings is 1. The lowest BCUT2D eigenvalue weighted by atomic mass is 10.3. The Balaban J connectivity index is 2.37. The summed E-state index contributed by atoms with van der Waals surface area (Å²) in [5, 5.41) is 0.423. The lowest BCUT2D eigenvalue weighted by Gasteiger charge is -2.07. The molecule has 98 valence electrons. The Morgan fingerprint density at radius 3 is 2.89 bits per heavy atom. The van der Waals surface area contributed by atoms with Crippen LogP contribution in [0.1, 0.15) is 10.4 Å². The van der Waals surface area contributed by atoms with Crippen LogP contribution in [-0.4, -0.2) is 18.1 Å². The standard InChI is InChI=1S/C13H11FN2O2S/c1-18-13(17)11-6-9(15)7-16-12(11)19-10-4-2-3-8(14)5-10/h2-7H,15H2,1H3. The number of esters is 1. The molecule has 0 atom stereocenters. The highest BCUT2D eigenvalue weighted by atomic mass is 32.2. The van der Waals surface area contributed by atoms with Crippen molar-refractivity contribution in [2.24, 2.45) is 0 Å². The molecule has 2 aromatic rings. The number of hydrogen-bond acceptors (Lipinski definition) is 5. The van der Waals surface area contributed by atoms with Crippen LogP contribution in [0.4, 0.5) is 10.1 Å². The zero-order valence-corrected chi connectivity index (χ0v) is 10.9. The average molecular weight is 278 g/mol. The van der Waals surface area contributed by atoms with E-state index in [9.17, 15) is 9.18 Å². The van der Waals surface area contributed by atoms with Gasteiger partial charge in [-0.3, -0.25) is 0 Å². The summed E-state index contributed by atoms with van der Waals surface area (Å²) >= 11 is 1.17. The molecule has 0 aliphatic heterocycles. The minimum Gasteiger partial charge on any atom is -0.465 e. The maximum atomic E-state index is 13.1. The molecule has 2 N–H and O–H groups in total. The van der Waals surface area contributed by atoms with Gasteiger partial charge in [-0.15, -0.1) is 0 Å². The van der Waals surface area contributed by atoms with Crippen LogP contribution in [0.3, 0.4) is 0 Å². The summed E-state index contributed by atoms with van der Waals surface area (Å²) in [7, 11) is 1.28. The van der Waals surface area contributed by atoms with Crippen LogP contribution < -0.4 is 5.73 Å². The highest BCUT2D eigenvalue weighted by molar-refractivity contribution is 7.99. The summed E-state index contributed by atoms with van der Waals surface area (Å²) < 4.78 is 17.8. The molecule has 1 aromatic carbocycles. The Hall–Kier alpha value is -2.08. The SMILES string of the molecule is COC(=O)c1cc(N)cnc1Sc1cccc(F)c1. The number of ether oxygens (including phenoxy) is 1. The van der Waals surface area contributed by atoms with Crippen molar-refractivity contribution >= 4 is 23.4 Å². The van der Waals surface area contributed by atoms with Crippen LogP contribution in [0.5, 0.6) is 0 Å². The lowest BCUT2D eigenvalue weighted by molar-refractivity contribution is 0.0596. The molecule has 0 bridgehead atoms. The predicted molar refractivity (Wildman–Crippen MR) is 70.5 cm³/mol. The van der Waals surface area contributed by atoms with Gasteiger partial charge in [0, 0.05) is 4.90 Å². The Kier molecular flexibility index (Phi) is 4.01. The smallest absolute Gasteiger partial charge is 0.340 e. The maximum Gasteiger partial charge on any atom is 0.340 e. The summed E-state index contributed by atoms with van der Waals surface area (Å²) in [4.78, 5) is 16.4. The molecule has 0 spiro atoms. The fourth-order valence-electron chi connectivity index (χ4n) is 1.45. The number of aromatic nitrogens is 1. The number of nitrogen functional groups attached to an aromatic ring is 1. The molecule has 19 heavy (non-hydrogen) atoms. The summed E-state index contributed by atoms with van der Waals surface area (Å²) in [6, 6.07) is 7.52. The molecular formula is C13H11FN2O2S. The van der Waals surface area contributed by atoms with E-state index in [0.717, 1.165) is 0 Å². The van der Waals surface area contributed by atoms with Crippen LogP contribution in [0.15, 0.2) is 46.5 Å². The minimum atomic E-state index is -0.529. The number of carbonyl (C=O) groups excluding carboxylic acids is 1. The van der Waals surface area contributed by atoms with Gasteiger partial charge in [0.1, 0.15) is 10.8 Å². The third kappa shape index (κ3) is 3.23. The van der Waals surface area contributed by atoms with E-state index in [0.29, 0.717) is 15.6 Å². The van der Waals surface area contributed by atoms with Crippen LogP contribution in [0, 0.1) is 5.82 Å². The number of nitrogens with zero attached hydrogens (tertiary/aromatic N) is 1. The van der Waals surface area contributed by atoms with E-state index in [1.807, 2.05) is 0 Å². The van der Waals surface area contributed by atoms with E-state index in [-0.39, 0.29) is 11.4 Å². The topological polar surface area (TPSA) is 65.2 Å². The molecule has 4 nitrogen and oxygen atoms in total. The fraction of sp³-hybridized carbons (Fsp3) is 0.0769. The third-order valence-electron chi connectivity index (χ3n) is 2.29. The maximum absolute atomic E-state index is 13.1. The Morgan fingerprint density at radius 1 is 1.42 bits per heavy atom. The van der Waals surface area contributed by atoms with Crippen molar-refractivity contribution in [3.05, 3.63) is 47.9 Å². The summed E-state index contributed by atoms with van der Waals surface area (Å²) in [5.74, 6) is -0.876. The molecular weight excluding hydrogens is 267 g/mol. The van der Waals surface area contributed by atoms with Gasteiger partial charge < -0.3 is 10.5 Å². The molecule has 0 fully saturated rings. The zero-order valence-electron chi connectivity index (χ0n) is 10.1. The molecule has 1 aromatic heterocycles.